The van der Waals surface area contributed by atoms with Crippen LogP contribution in [0.4, 0.5) is 0 Å². The first-order valence-electron chi connectivity index (χ1n) is 5.43. The number of rotatable bonds is 6. The quantitative estimate of drug-likeness (QED) is 0.754. The van der Waals surface area contributed by atoms with E-state index >= 15 is 0 Å². The molecule has 5 heteroatoms. The molecule has 0 bridgehead atoms. The fourth-order valence-electron chi connectivity index (χ4n) is 1.71. The van der Waals surface area contributed by atoms with Gasteiger partial charge in [0.1, 0.15) is 0 Å². The van der Waals surface area contributed by atoms with Crippen LogP contribution in [0.25, 0.3) is 0 Å². The zero-order chi connectivity index (χ0) is 12.9. The first kappa shape index (κ1) is 13.2. The predicted molar refractivity (Wildman–Crippen MR) is 62.3 cm³/mol. The monoisotopic (exact) mass is 236 g/mol. The number of hydrogen-bond acceptors (Lipinski definition) is 3. The molecule has 1 atom stereocenters. The van der Waals surface area contributed by atoms with Gasteiger partial charge in [-0.1, -0.05) is 6.92 Å². The van der Waals surface area contributed by atoms with Crippen molar-refractivity contribution in [3.05, 3.63) is 30.1 Å². The lowest BCUT2D eigenvalue weighted by atomic mass is 9.91. The summed E-state index contributed by atoms with van der Waals surface area (Å²) in [6, 6.07) is 3.22. The van der Waals surface area contributed by atoms with Gasteiger partial charge in [-0.05, 0) is 31.0 Å². The Morgan fingerprint density at radius 2 is 2.12 bits per heavy atom. The van der Waals surface area contributed by atoms with Gasteiger partial charge in [-0.2, -0.15) is 0 Å². The van der Waals surface area contributed by atoms with Crippen molar-refractivity contribution >= 4 is 12.4 Å². The van der Waals surface area contributed by atoms with E-state index in [0.717, 1.165) is 0 Å². The molecule has 1 heterocycles. The molecular formula is C12H16N2O3. The maximum absolute atomic E-state index is 11.5. The lowest BCUT2D eigenvalue weighted by Gasteiger charge is -2.35. The number of aliphatic carboxylic acids is 1. The average Bonchev–Trinajstić information content (AvgIpc) is 2.35. The summed E-state index contributed by atoms with van der Waals surface area (Å²) in [5.74, 6) is -1.05. The van der Waals surface area contributed by atoms with Gasteiger partial charge in [0.15, 0.2) is 5.54 Å². The van der Waals surface area contributed by atoms with Crippen LogP contribution in [0.5, 0.6) is 0 Å². The molecule has 1 aromatic rings. The fourth-order valence-corrected chi connectivity index (χ4v) is 1.71. The maximum Gasteiger partial charge on any atom is 0.334 e. The van der Waals surface area contributed by atoms with E-state index in [1.807, 2.05) is 6.92 Å². The second-order valence-corrected chi connectivity index (χ2v) is 3.91. The third kappa shape index (κ3) is 2.43. The highest BCUT2D eigenvalue weighted by molar-refractivity contribution is 5.82. The van der Waals surface area contributed by atoms with Crippen LogP contribution in [0, 0.1) is 0 Å². The lowest BCUT2D eigenvalue weighted by molar-refractivity contribution is -0.154. The van der Waals surface area contributed by atoms with Crippen molar-refractivity contribution < 1.29 is 14.7 Å². The second-order valence-electron chi connectivity index (χ2n) is 3.91. The van der Waals surface area contributed by atoms with Gasteiger partial charge in [0.25, 0.3) is 0 Å². The average molecular weight is 236 g/mol. The summed E-state index contributed by atoms with van der Waals surface area (Å²) in [5, 5.41) is 9.39. The van der Waals surface area contributed by atoms with Crippen LogP contribution in [0.2, 0.25) is 0 Å². The molecule has 17 heavy (non-hydrogen) atoms. The van der Waals surface area contributed by atoms with Crippen LogP contribution in [0.1, 0.15) is 25.8 Å². The predicted octanol–water partition coefficient (Wildman–Crippen LogP) is 1.25. The molecule has 92 valence electrons. The fraction of sp³-hybridized carbons (Fsp3) is 0.417. The Labute approximate surface area is 100 Å². The Bertz CT molecular complexity index is 394. The molecule has 0 fully saturated rings. The van der Waals surface area contributed by atoms with Crippen LogP contribution >= 0.6 is 0 Å². The minimum Gasteiger partial charge on any atom is -0.479 e. The van der Waals surface area contributed by atoms with Crippen molar-refractivity contribution in [2.24, 2.45) is 0 Å². The molecule has 0 radical (unpaired) electrons. The van der Waals surface area contributed by atoms with Crippen molar-refractivity contribution in [3.8, 4) is 0 Å². The Morgan fingerprint density at radius 1 is 1.53 bits per heavy atom. The molecule has 1 unspecified atom stereocenters. The molecule has 0 aliphatic rings. The van der Waals surface area contributed by atoms with Gasteiger partial charge < -0.3 is 10.0 Å². The van der Waals surface area contributed by atoms with E-state index < -0.39 is 11.5 Å². The Hall–Kier alpha value is -1.91. The third-order valence-corrected chi connectivity index (χ3v) is 2.83. The summed E-state index contributed by atoms with van der Waals surface area (Å²) < 4.78 is 0. The van der Waals surface area contributed by atoms with Crippen molar-refractivity contribution in [1.82, 2.24) is 9.88 Å². The van der Waals surface area contributed by atoms with Crippen LogP contribution in [0.15, 0.2) is 24.5 Å². The third-order valence-electron chi connectivity index (χ3n) is 2.83. The lowest BCUT2D eigenvalue weighted by Crippen LogP contribution is -2.49. The van der Waals surface area contributed by atoms with Crippen LogP contribution in [0.3, 0.4) is 0 Å². The minimum absolute atomic E-state index is 0.397. The number of amides is 1. The highest BCUT2D eigenvalue weighted by atomic mass is 16.4. The Morgan fingerprint density at radius 3 is 2.53 bits per heavy atom. The SMILES string of the molecule is CCCN(C=O)C(C)(C(=O)O)c1ccncc1. The number of aromatic nitrogens is 1. The van der Waals surface area contributed by atoms with Crippen molar-refractivity contribution in [2.45, 2.75) is 25.8 Å². The molecule has 1 rings (SSSR count). The highest BCUT2D eigenvalue weighted by Crippen LogP contribution is 2.27. The van der Waals surface area contributed by atoms with E-state index in [0.29, 0.717) is 24.9 Å². The number of carbonyl (C=O) groups is 2. The summed E-state index contributed by atoms with van der Waals surface area (Å²) in [6.45, 7) is 3.81. The summed E-state index contributed by atoms with van der Waals surface area (Å²) in [6.07, 6.45) is 4.32. The van der Waals surface area contributed by atoms with E-state index in [9.17, 15) is 14.7 Å². The maximum atomic E-state index is 11.5. The van der Waals surface area contributed by atoms with Crippen LogP contribution in [-0.2, 0) is 15.1 Å². The normalized spacial score (nSPS) is 13.8. The van der Waals surface area contributed by atoms with E-state index in [1.165, 1.54) is 24.2 Å². The van der Waals surface area contributed by atoms with Gasteiger partial charge in [-0.15, -0.1) is 0 Å². The van der Waals surface area contributed by atoms with Gasteiger partial charge in [0, 0.05) is 18.9 Å². The van der Waals surface area contributed by atoms with E-state index in [4.69, 9.17) is 0 Å². The molecule has 1 aromatic heterocycles. The standard InChI is InChI=1S/C12H16N2O3/c1-3-8-14(9-15)12(2,11(16)17)10-4-6-13-7-5-10/h4-7,9H,3,8H2,1-2H3,(H,16,17). The Balaban J connectivity index is 3.22. The van der Waals surface area contributed by atoms with Gasteiger partial charge in [-0.3, -0.25) is 9.78 Å². The largest absolute Gasteiger partial charge is 0.479 e. The molecule has 0 saturated heterocycles. The zero-order valence-corrected chi connectivity index (χ0v) is 9.96. The van der Waals surface area contributed by atoms with Gasteiger partial charge >= 0.3 is 5.97 Å². The summed E-state index contributed by atoms with van der Waals surface area (Å²) in [7, 11) is 0. The van der Waals surface area contributed by atoms with E-state index in [2.05, 4.69) is 4.98 Å². The topological polar surface area (TPSA) is 70.5 Å². The van der Waals surface area contributed by atoms with Crippen molar-refractivity contribution in [1.29, 1.82) is 0 Å². The molecule has 5 nitrogen and oxygen atoms in total. The van der Waals surface area contributed by atoms with Gasteiger partial charge in [0.2, 0.25) is 6.41 Å². The number of carbonyl (C=O) groups excluding carboxylic acids is 1. The summed E-state index contributed by atoms with van der Waals surface area (Å²) in [5.41, 5.74) is -0.804. The molecule has 0 aliphatic heterocycles. The number of pyridine rings is 1. The number of carboxylic acid groups (broad SMARTS) is 1. The molecule has 0 aliphatic carbocycles. The van der Waals surface area contributed by atoms with E-state index in [-0.39, 0.29) is 0 Å². The van der Waals surface area contributed by atoms with E-state index in [1.54, 1.807) is 12.1 Å². The van der Waals surface area contributed by atoms with Crippen molar-refractivity contribution in [2.75, 3.05) is 6.54 Å². The van der Waals surface area contributed by atoms with Crippen LogP contribution < -0.4 is 0 Å². The Kier molecular flexibility index (Phi) is 4.20. The molecule has 0 spiro atoms. The minimum atomic E-state index is -1.35. The van der Waals surface area contributed by atoms with Crippen molar-refractivity contribution in [3.63, 3.8) is 0 Å². The second kappa shape index (κ2) is 5.43. The van der Waals surface area contributed by atoms with Gasteiger partial charge in [-0.25, -0.2) is 4.79 Å². The highest BCUT2D eigenvalue weighted by Gasteiger charge is 2.40. The number of hydrogen-bond donors (Lipinski definition) is 1. The molecule has 0 aromatic carbocycles. The number of nitrogens with zero attached hydrogens (tertiary/aromatic N) is 2. The first-order valence-corrected chi connectivity index (χ1v) is 5.43. The van der Waals surface area contributed by atoms with Gasteiger partial charge in [0.05, 0.1) is 0 Å². The molecule has 1 N–H and O–H groups in total. The smallest absolute Gasteiger partial charge is 0.334 e. The summed E-state index contributed by atoms with van der Waals surface area (Å²) in [4.78, 5) is 27.7. The zero-order valence-electron chi connectivity index (χ0n) is 9.96. The molecular weight excluding hydrogens is 220 g/mol. The molecule has 1 amide bonds. The molecule has 0 saturated carbocycles. The van der Waals surface area contributed by atoms with Crippen LogP contribution in [-0.4, -0.2) is 33.9 Å². The number of carboxylic acids is 1. The first-order chi connectivity index (χ1) is 8.07. The summed E-state index contributed by atoms with van der Waals surface area (Å²) >= 11 is 0.